The van der Waals surface area contributed by atoms with Crippen molar-refractivity contribution in [3.8, 4) is 11.8 Å². The fraction of sp³-hybridized carbons (Fsp3) is 0.364. The molecule has 2 unspecified atom stereocenters. The van der Waals surface area contributed by atoms with E-state index < -0.39 is 0 Å². The van der Waals surface area contributed by atoms with Crippen LogP contribution in [0.1, 0.15) is 43.9 Å². The molecule has 2 N–H and O–H groups in total. The Labute approximate surface area is 185 Å². The molecule has 29 heavy (non-hydrogen) atoms. The Kier molecular flexibility index (Phi) is 6.04. The zero-order valence-electron chi connectivity index (χ0n) is 16.5. The van der Waals surface area contributed by atoms with Gasteiger partial charge in [0, 0.05) is 23.0 Å². The summed E-state index contributed by atoms with van der Waals surface area (Å²) in [5.74, 6) is 6.86. The van der Waals surface area contributed by atoms with E-state index in [2.05, 4.69) is 44.5 Å². The maximum atomic E-state index is 13.2. The Morgan fingerprint density at radius 2 is 2.10 bits per heavy atom. The number of halogens is 1. The number of hydrogen-bond acceptors (Lipinski definition) is 6. The van der Waals surface area contributed by atoms with E-state index in [1.807, 2.05) is 55.1 Å². The molecular weight excluding hydrogens is 479 g/mol. The SMILES string of the molecule is CC1=CC(C)=NC2=C(C(=O)C3CCC(c4ccc(C#CCOI)cc4)N3)NCN12. The number of Topliss-reactive ketones (excluding diaryl/α,β-unsaturated/α-hetero) is 1. The van der Waals surface area contributed by atoms with Crippen molar-refractivity contribution in [2.75, 3.05) is 13.3 Å². The maximum absolute atomic E-state index is 13.2. The summed E-state index contributed by atoms with van der Waals surface area (Å²) in [6.45, 7) is 5.01. The van der Waals surface area contributed by atoms with Gasteiger partial charge in [-0.15, -0.1) is 0 Å². The summed E-state index contributed by atoms with van der Waals surface area (Å²) < 4.78 is 4.92. The lowest BCUT2D eigenvalue weighted by Crippen LogP contribution is -2.36. The minimum atomic E-state index is -0.197. The molecule has 1 aromatic carbocycles. The number of nitrogens with one attached hydrogen (secondary N) is 2. The molecule has 0 aromatic heterocycles. The topological polar surface area (TPSA) is 66.0 Å². The highest BCUT2D eigenvalue weighted by molar-refractivity contribution is 14.1. The van der Waals surface area contributed by atoms with Gasteiger partial charge in [0.05, 0.1) is 12.7 Å². The van der Waals surface area contributed by atoms with Crippen molar-refractivity contribution in [2.45, 2.75) is 38.8 Å². The normalized spacial score (nSPS) is 23.1. The van der Waals surface area contributed by atoms with E-state index in [1.165, 1.54) is 5.56 Å². The average molecular weight is 502 g/mol. The molecule has 0 amide bonds. The van der Waals surface area contributed by atoms with Gasteiger partial charge in [-0.3, -0.25) is 4.79 Å². The Morgan fingerprint density at radius 1 is 1.31 bits per heavy atom. The third-order valence-corrected chi connectivity index (χ3v) is 5.71. The molecule has 1 saturated heterocycles. The van der Waals surface area contributed by atoms with Crippen LogP contribution in [0.2, 0.25) is 0 Å². The molecule has 3 heterocycles. The molecule has 0 spiro atoms. The van der Waals surface area contributed by atoms with Gasteiger partial charge < -0.3 is 18.6 Å². The Hall–Kier alpha value is -2.15. The van der Waals surface area contributed by atoms with Crippen LogP contribution in [0.5, 0.6) is 0 Å². The number of rotatable bonds is 4. The van der Waals surface area contributed by atoms with Gasteiger partial charge in [-0.05, 0) is 50.5 Å². The quantitative estimate of drug-likeness (QED) is 0.490. The minimum absolute atomic E-state index is 0.0949. The molecule has 6 nitrogen and oxygen atoms in total. The van der Waals surface area contributed by atoms with Crippen LogP contribution < -0.4 is 10.6 Å². The number of benzene rings is 1. The summed E-state index contributed by atoms with van der Waals surface area (Å²) in [6, 6.07) is 8.17. The molecule has 0 saturated carbocycles. The van der Waals surface area contributed by atoms with Gasteiger partial charge in [0.1, 0.15) is 35.3 Å². The molecule has 4 rings (SSSR count). The molecule has 7 heteroatoms. The van der Waals surface area contributed by atoms with Gasteiger partial charge in [-0.1, -0.05) is 24.0 Å². The molecule has 150 valence electrons. The fourth-order valence-corrected chi connectivity index (χ4v) is 4.14. The van der Waals surface area contributed by atoms with Gasteiger partial charge in [0.2, 0.25) is 0 Å². The third-order valence-electron chi connectivity index (χ3n) is 5.40. The van der Waals surface area contributed by atoms with Crippen LogP contribution in [-0.2, 0) is 7.86 Å². The first-order valence-corrected chi connectivity index (χ1v) is 10.6. The van der Waals surface area contributed by atoms with Gasteiger partial charge in [0.15, 0.2) is 11.6 Å². The molecule has 1 aromatic rings. The molecule has 0 aliphatic carbocycles. The number of carbonyl (C=O) groups is 1. The fourth-order valence-electron chi connectivity index (χ4n) is 3.98. The third kappa shape index (κ3) is 4.25. The average Bonchev–Trinajstić information content (AvgIpc) is 3.36. The summed E-state index contributed by atoms with van der Waals surface area (Å²) in [6.07, 6.45) is 3.77. The number of aliphatic imine (C=N–C) groups is 1. The second-order valence-electron chi connectivity index (χ2n) is 7.39. The van der Waals surface area contributed by atoms with Crippen molar-refractivity contribution in [3.63, 3.8) is 0 Å². The standard InChI is InChI=1S/C22H23IN4O2/c1-14-12-15(2)27-13-24-20(22(27)25-14)21(28)19-10-9-18(26-19)17-7-5-16(6-8-17)4-3-11-29-23/h5-8,12,18-19,24,26H,9-11,13H2,1-2H3. The molecule has 0 radical (unpaired) electrons. The smallest absolute Gasteiger partial charge is 0.199 e. The number of nitrogens with zero attached hydrogens (tertiary/aromatic N) is 2. The van der Waals surface area contributed by atoms with Crippen LogP contribution in [0.4, 0.5) is 0 Å². The summed E-state index contributed by atoms with van der Waals surface area (Å²) >= 11 is 1.84. The Bertz CT molecular complexity index is 969. The number of allylic oxidation sites excluding steroid dienone is 2. The molecule has 2 atom stereocenters. The Balaban J connectivity index is 1.45. The first kappa shape index (κ1) is 20.1. The van der Waals surface area contributed by atoms with Crippen molar-refractivity contribution in [1.29, 1.82) is 0 Å². The lowest BCUT2D eigenvalue weighted by molar-refractivity contribution is -0.117. The molecule has 3 aliphatic heterocycles. The van der Waals surface area contributed by atoms with E-state index in [1.54, 1.807) is 0 Å². The molecular formula is C22H23IN4O2. The van der Waals surface area contributed by atoms with E-state index in [0.717, 1.165) is 35.6 Å². The van der Waals surface area contributed by atoms with Crippen molar-refractivity contribution in [1.82, 2.24) is 15.5 Å². The highest BCUT2D eigenvalue weighted by Gasteiger charge is 2.36. The van der Waals surface area contributed by atoms with Crippen LogP contribution in [-0.4, -0.2) is 35.7 Å². The van der Waals surface area contributed by atoms with Gasteiger partial charge >= 0.3 is 0 Å². The van der Waals surface area contributed by atoms with E-state index in [0.29, 0.717) is 19.0 Å². The van der Waals surface area contributed by atoms with E-state index in [-0.39, 0.29) is 17.9 Å². The van der Waals surface area contributed by atoms with Crippen molar-refractivity contribution < 1.29 is 7.86 Å². The van der Waals surface area contributed by atoms with E-state index in [9.17, 15) is 4.79 Å². The van der Waals surface area contributed by atoms with E-state index >= 15 is 0 Å². The summed E-state index contributed by atoms with van der Waals surface area (Å²) in [4.78, 5) is 19.8. The van der Waals surface area contributed by atoms with Crippen molar-refractivity contribution in [2.24, 2.45) is 4.99 Å². The van der Waals surface area contributed by atoms with Crippen LogP contribution in [0.15, 0.2) is 52.5 Å². The van der Waals surface area contributed by atoms with Crippen molar-refractivity contribution >= 4 is 34.5 Å². The monoisotopic (exact) mass is 502 g/mol. The van der Waals surface area contributed by atoms with Gasteiger partial charge in [0.25, 0.3) is 0 Å². The number of ketones is 1. The zero-order valence-corrected chi connectivity index (χ0v) is 18.6. The van der Waals surface area contributed by atoms with E-state index in [4.69, 9.17) is 3.07 Å². The predicted octanol–water partition coefficient (Wildman–Crippen LogP) is 3.18. The maximum Gasteiger partial charge on any atom is 0.199 e. The lowest BCUT2D eigenvalue weighted by atomic mass is 10.0. The zero-order chi connectivity index (χ0) is 20.4. The molecule has 3 aliphatic rings. The summed E-state index contributed by atoms with van der Waals surface area (Å²) in [5, 5.41) is 6.77. The van der Waals surface area contributed by atoms with Crippen LogP contribution in [0.25, 0.3) is 0 Å². The summed E-state index contributed by atoms with van der Waals surface area (Å²) in [7, 11) is 0. The summed E-state index contributed by atoms with van der Waals surface area (Å²) in [5.41, 5.74) is 4.79. The number of hydrogen-bond donors (Lipinski definition) is 2. The van der Waals surface area contributed by atoms with Gasteiger partial charge in [-0.2, -0.15) is 0 Å². The lowest BCUT2D eigenvalue weighted by Gasteiger charge is -2.23. The van der Waals surface area contributed by atoms with Crippen LogP contribution in [0, 0.1) is 11.8 Å². The molecule has 1 fully saturated rings. The minimum Gasteiger partial charge on any atom is -0.361 e. The first-order chi connectivity index (χ1) is 14.1. The van der Waals surface area contributed by atoms with Crippen molar-refractivity contribution in [3.05, 3.63) is 58.7 Å². The first-order valence-electron chi connectivity index (χ1n) is 9.68. The second-order valence-corrected chi connectivity index (χ2v) is 8.01. The predicted molar refractivity (Wildman–Crippen MR) is 121 cm³/mol. The van der Waals surface area contributed by atoms with Crippen LogP contribution in [0.3, 0.4) is 0 Å². The highest BCUT2D eigenvalue weighted by atomic mass is 127. The second kappa shape index (κ2) is 8.69. The largest absolute Gasteiger partial charge is 0.361 e. The number of carbonyl (C=O) groups excluding carboxylic acids is 1. The highest BCUT2D eigenvalue weighted by Crippen LogP contribution is 2.31. The number of fused-ring (bicyclic) bond motifs is 1. The Morgan fingerprint density at radius 3 is 2.86 bits per heavy atom. The van der Waals surface area contributed by atoms with Gasteiger partial charge in [-0.25, -0.2) is 4.99 Å². The molecule has 0 bridgehead atoms. The van der Waals surface area contributed by atoms with Crippen LogP contribution >= 0.6 is 23.0 Å².